The molecule has 1 atom stereocenters. The molecule has 1 fully saturated rings. The second kappa shape index (κ2) is 3.85. The Morgan fingerprint density at radius 2 is 2.00 bits per heavy atom. The molecule has 82 valence electrons. The van der Waals surface area contributed by atoms with Crippen molar-refractivity contribution >= 4 is 0 Å². The summed E-state index contributed by atoms with van der Waals surface area (Å²) in [6.07, 6.45) is 0.721. The van der Waals surface area contributed by atoms with Crippen molar-refractivity contribution in [1.29, 1.82) is 0 Å². The topological polar surface area (TPSA) is 12.0 Å². The monoisotopic (exact) mass is 215 g/mol. The molecule has 1 aromatic rings. The summed E-state index contributed by atoms with van der Waals surface area (Å²) in [7, 11) is 0. The van der Waals surface area contributed by atoms with Crippen LogP contribution in [0.25, 0.3) is 0 Å². The molecule has 0 bridgehead atoms. The number of halogens is 3. The zero-order chi connectivity index (χ0) is 11.0. The van der Waals surface area contributed by atoms with E-state index in [4.69, 9.17) is 0 Å². The minimum Gasteiger partial charge on any atom is -0.316 e. The Morgan fingerprint density at radius 1 is 1.27 bits per heavy atom. The van der Waals surface area contributed by atoms with Crippen molar-refractivity contribution in [3.8, 4) is 0 Å². The summed E-state index contributed by atoms with van der Waals surface area (Å²) < 4.78 is 40.0. The first-order chi connectivity index (χ1) is 7.11. The number of rotatable bonds is 1. The van der Waals surface area contributed by atoms with E-state index in [1.54, 1.807) is 0 Å². The Balaban J connectivity index is 2.47. The van der Waals surface area contributed by atoms with Crippen LogP contribution in [0.3, 0.4) is 0 Å². The first-order valence-electron chi connectivity index (χ1n) is 4.96. The molecule has 1 heterocycles. The van der Waals surface area contributed by atoms with Crippen LogP contribution in [0.5, 0.6) is 0 Å². The van der Waals surface area contributed by atoms with Gasteiger partial charge in [0.05, 0.1) is 0 Å². The van der Waals surface area contributed by atoms with E-state index in [1.165, 1.54) is 6.92 Å². The molecule has 1 aliphatic rings. The van der Waals surface area contributed by atoms with Gasteiger partial charge in [-0.1, -0.05) is 0 Å². The van der Waals surface area contributed by atoms with Gasteiger partial charge in [-0.25, -0.2) is 13.2 Å². The van der Waals surface area contributed by atoms with Crippen molar-refractivity contribution in [1.82, 2.24) is 5.32 Å². The molecule has 0 saturated carbocycles. The van der Waals surface area contributed by atoms with Gasteiger partial charge in [0, 0.05) is 18.0 Å². The minimum atomic E-state index is -1.06. The van der Waals surface area contributed by atoms with E-state index in [1.807, 2.05) is 0 Å². The minimum absolute atomic E-state index is 0.116. The highest BCUT2D eigenvalue weighted by Crippen LogP contribution is 2.28. The zero-order valence-corrected chi connectivity index (χ0v) is 8.41. The quantitative estimate of drug-likeness (QED) is 0.710. The van der Waals surface area contributed by atoms with Crippen LogP contribution in [-0.2, 0) is 0 Å². The molecule has 0 amide bonds. The first kappa shape index (κ1) is 10.5. The van der Waals surface area contributed by atoms with E-state index in [0.717, 1.165) is 19.0 Å². The molecule has 1 aromatic carbocycles. The number of hydrogen-bond donors (Lipinski definition) is 1. The Kier molecular flexibility index (Phi) is 2.69. The third-order valence-electron chi connectivity index (χ3n) is 2.92. The van der Waals surface area contributed by atoms with Crippen LogP contribution in [0.15, 0.2) is 6.07 Å². The third-order valence-corrected chi connectivity index (χ3v) is 2.92. The number of benzene rings is 1. The first-order valence-corrected chi connectivity index (χ1v) is 4.96. The average molecular weight is 215 g/mol. The lowest BCUT2D eigenvalue weighted by Crippen LogP contribution is -2.10. The number of nitrogens with one attached hydrogen (secondary N) is 1. The Bertz CT molecular complexity index is 384. The van der Waals surface area contributed by atoms with E-state index >= 15 is 0 Å². The van der Waals surface area contributed by atoms with Gasteiger partial charge in [0.1, 0.15) is 5.82 Å². The van der Waals surface area contributed by atoms with Gasteiger partial charge >= 0.3 is 0 Å². The lowest BCUT2D eigenvalue weighted by Gasteiger charge is -2.12. The van der Waals surface area contributed by atoms with Gasteiger partial charge in [-0.05, 0) is 31.5 Å². The highest BCUT2D eigenvalue weighted by molar-refractivity contribution is 5.30. The summed E-state index contributed by atoms with van der Waals surface area (Å²) in [5, 5.41) is 3.04. The molecular formula is C11H12F3N. The van der Waals surface area contributed by atoms with E-state index in [0.29, 0.717) is 6.54 Å². The maximum atomic E-state index is 13.5. The van der Waals surface area contributed by atoms with Crippen molar-refractivity contribution in [2.24, 2.45) is 0 Å². The van der Waals surface area contributed by atoms with E-state index in [-0.39, 0.29) is 17.0 Å². The van der Waals surface area contributed by atoms with Crippen LogP contribution >= 0.6 is 0 Å². The van der Waals surface area contributed by atoms with Crippen LogP contribution in [0.1, 0.15) is 23.5 Å². The molecule has 1 aliphatic heterocycles. The molecule has 0 radical (unpaired) electrons. The summed E-state index contributed by atoms with van der Waals surface area (Å²) in [6.45, 7) is 2.59. The largest absolute Gasteiger partial charge is 0.316 e. The summed E-state index contributed by atoms with van der Waals surface area (Å²) in [6, 6.07) is 1.12. The van der Waals surface area contributed by atoms with Crippen LogP contribution in [-0.4, -0.2) is 13.1 Å². The van der Waals surface area contributed by atoms with Gasteiger partial charge < -0.3 is 5.32 Å². The summed E-state index contributed by atoms with van der Waals surface area (Å²) in [5.41, 5.74) is -0.0946. The molecule has 0 aromatic heterocycles. The Morgan fingerprint density at radius 3 is 2.60 bits per heavy atom. The van der Waals surface area contributed by atoms with Crippen molar-refractivity contribution in [2.75, 3.05) is 13.1 Å². The van der Waals surface area contributed by atoms with Crippen LogP contribution < -0.4 is 5.32 Å². The third kappa shape index (κ3) is 1.74. The van der Waals surface area contributed by atoms with Gasteiger partial charge in [0.15, 0.2) is 11.6 Å². The Labute approximate surface area is 86.3 Å². The molecule has 4 heteroatoms. The van der Waals surface area contributed by atoms with E-state index in [2.05, 4.69) is 5.32 Å². The SMILES string of the molecule is Cc1c(F)cc(C2CCNC2)c(F)c1F. The second-order valence-electron chi connectivity index (χ2n) is 3.89. The Hall–Kier alpha value is -1.03. The molecule has 0 aliphatic carbocycles. The molecule has 1 nitrogen and oxygen atoms in total. The molecule has 2 rings (SSSR count). The molecular weight excluding hydrogens is 203 g/mol. The molecule has 1 N–H and O–H groups in total. The summed E-state index contributed by atoms with van der Waals surface area (Å²) in [5.74, 6) is -2.75. The predicted molar refractivity (Wildman–Crippen MR) is 51.3 cm³/mol. The van der Waals surface area contributed by atoms with Crippen LogP contribution in [0.2, 0.25) is 0 Å². The molecule has 15 heavy (non-hydrogen) atoms. The molecule has 0 spiro atoms. The molecule has 1 saturated heterocycles. The lowest BCUT2D eigenvalue weighted by molar-refractivity contribution is 0.469. The zero-order valence-electron chi connectivity index (χ0n) is 8.41. The smallest absolute Gasteiger partial charge is 0.164 e. The van der Waals surface area contributed by atoms with Crippen molar-refractivity contribution in [3.05, 3.63) is 34.6 Å². The fourth-order valence-electron chi connectivity index (χ4n) is 1.92. The fraction of sp³-hybridized carbons (Fsp3) is 0.455. The number of hydrogen-bond acceptors (Lipinski definition) is 1. The van der Waals surface area contributed by atoms with Crippen molar-refractivity contribution in [2.45, 2.75) is 19.3 Å². The van der Waals surface area contributed by atoms with Gasteiger partial charge in [-0.2, -0.15) is 0 Å². The van der Waals surface area contributed by atoms with E-state index < -0.39 is 17.5 Å². The standard InChI is InChI=1S/C11H12F3N/c1-6-9(12)4-8(11(14)10(6)13)7-2-3-15-5-7/h4,7,15H,2-3,5H2,1H3. The second-order valence-corrected chi connectivity index (χ2v) is 3.89. The van der Waals surface area contributed by atoms with Crippen molar-refractivity contribution in [3.63, 3.8) is 0 Å². The highest BCUT2D eigenvalue weighted by atomic mass is 19.2. The normalized spacial score (nSPS) is 20.9. The predicted octanol–water partition coefficient (Wildman–Crippen LogP) is 2.49. The van der Waals surface area contributed by atoms with Gasteiger partial charge in [0.25, 0.3) is 0 Å². The van der Waals surface area contributed by atoms with E-state index in [9.17, 15) is 13.2 Å². The fourth-order valence-corrected chi connectivity index (χ4v) is 1.92. The average Bonchev–Trinajstić information content (AvgIpc) is 2.73. The van der Waals surface area contributed by atoms with Crippen LogP contribution in [0, 0.1) is 24.4 Å². The van der Waals surface area contributed by atoms with Gasteiger partial charge in [-0.3, -0.25) is 0 Å². The van der Waals surface area contributed by atoms with Crippen LogP contribution in [0.4, 0.5) is 13.2 Å². The van der Waals surface area contributed by atoms with Gasteiger partial charge in [-0.15, -0.1) is 0 Å². The summed E-state index contributed by atoms with van der Waals surface area (Å²) in [4.78, 5) is 0. The maximum absolute atomic E-state index is 13.5. The highest BCUT2D eigenvalue weighted by Gasteiger charge is 2.24. The van der Waals surface area contributed by atoms with Crippen molar-refractivity contribution < 1.29 is 13.2 Å². The van der Waals surface area contributed by atoms with Gasteiger partial charge in [0.2, 0.25) is 0 Å². The maximum Gasteiger partial charge on any atom is 0.164 e. The summed E-state index contributed by atoms with van der Waals surface area (Å²) >= 11 is 0. The molecule has 1 unspecified atom stereocenters. The lowest BCUT2D eigenvalue weighted by atomic mass is 9.96.